The van der Waals surface area contributed by atoms with Gasteiger partial charge in [0.15, 0.2) is 15.6 Å². The zero-order chi connectivity index (χ0) is 16.3. The maximum atomic E-state index is 12.3. The molecule has 2 saturated heterocycles. The van der Waals surface area contributed by atoms with Gasteiger partial charge >= 0.3 is 0 Å². The molecule has 1 aromatic rings. The molecule has 2 aliphatic heterocycles. The van der Waals surface area contributed by atoms with Crippen molar-refractivity contribution < 1.29 is 22.7 Å². The second-order valence-corrected chi connectivity index (χ2v) is 7.98. The molecule has 2 heterocycles. The summed E-state index contributed by atoms with van der Waals surface area (Å²) in [5.41, 5.74) is 0. The summed E-state index contributed by atoms with van der Waals surface area (Å²) >= 11 is 0. The number of hydrogen-bond donors (Lipinski definition) is 0. The molecule has 0 unspecified atom stereocenters. The smallest absolute Gasteiger partial charge is 0.223 e. The Morgan fingerprint density at radius 2 is 1.70 bits per heavy atom. The van der Waals surface area contributed by atoms with E-state index in [1.54, 1.807) is 35.2 Å². The lowest BCUT2D eigenvalue weighted by atomic mass is 10.0. The van der Waals surface area contributed by atoms with Crippen LogP contribution in [0.15, 0.2) is 35.2 Å². The highest BCUT2D eigenvalue weighted by Crippen LogP contribution is 2.31. The summed E-state index contributed by atoms with van der Waals surface area (Å²) in [5, 5.41) is 0. The maximum Gasteiger partial charge on any atom is 0.223 e. The normalized spacial score (nSPS) is 20.8. The van der Waals surface area contributed by atoms with Gasteiger partial charge in [0.1, 0.15) is 0 Å². The number of piperidine rings is 1. The lowest BCUT2D eigenvalue weighted by Gasteiger charge is -2.37. The lowest BCUT2D eigenvalue weighted by molar-refractivity contribution is -0.187. The molecule has 23 heavy (non-hydrogen) atoms. The van der Waals surface area contributed by atoms with Gasteiger partial charge in [-0.15, -0.1) is 0 Å². The first-order valence-electron chi connectivity index (χ1n) is 7.84. The molecular weight excluding hydrogens is 318 g/mol. The number of hydrogen-bond acceptors (Lipinski definition) is 5. The number of carbonyl (C=O) groups is 1. The lowest BCUT2D eigenvalue weighted by Crippen LogP contribution is -2.47. The number of carbonyl (C=O) groups excluding carboxylic acids is 1. The third-order valence-electron chi connectivity index (χ3n) is 4.38. The summed E-state index contributed by atoms with van der Waals surface area (Å²) in [4.78, 5) is 14.2. The third-order valence-corrected chi connectivity index (χ3v) is 6.11. The Morgan fingerprint density at radius 1 is 1.09 bits per heavy atom. The number of sulfone groups is 1. The number of rotatable bonds is 4. The predicted octanol–water partition coefficient (Wildman–Crippen LogP) is 1.22. The first-order valence-corrected chi connectivity index (χ1v) is 9.50. The molecule has 0 atom stereocenters. The summed E-state index contributed by atoms with van der Waals surface area (Å²) in [6, 6.07) is 8.24. The first-order chi connectivity index (χ1) is 11.0. The van der Waals surface area contributed by atoms with Crippen molar-refractivity contribution in [2.45, 2.75) is 29.9 Å². The van der Waals surface area contributed by atoms with Crippen LogP contribution in [0.5, 0.6) is 0 Å². The molecule has 1 aromatic carbocycles. The molecule has 0 saturated carbocycles. The number of benzene rings is 1. The molecule has 126 valence electrons. The highest BCUT2D eigenvalue weighted by Gasteiger charge is 2.40. The zero-order valence-corrected chi connectivity index (χ0v) is 13.8. The number of amides is 1. The van der Waals surface area contributed by atoms with Crippen LogP contribution < -0.4 is 0 Å². The molecule has 1 spiro atoms. The first kappa shape index (κ1) is 16.4. The molecule has 1 amide bonds. The van der Waals surface area contributed by atoms with E-state index in [-0.39, 0.29) is 23.0 Å². The zero-order valence-electron chi connectivity index (χ0n) is 12.9. The Labute approximate surface area is 136 Å². The van der Waals surface area contributed by atoms with Gasteiger partial charge in [-0.3, -0.25) is 4.79 Å². The van der Waals surface area contributed by atoms with Crippen molar-refractivity contribution in [3.05, 3.63) is 30.3 Å². The molecule has 7 heteroatoms. The van der Waals surface area contributed by atoms with Crippen molar-refractivity contribution in [1.82, 2.24) is 4.90 Å². The monoisotopic (exact) mass is 339 g/mol. The van der Waals surface area contributed by atoms with Crippen LogP contribution in [-0.4, -0.2) is 57.1 Å². The number of likely N-dealkylation sites (tertiary alicyclic amines) is 1. The van der Waals surface area contributed by atoms with E-state index in [9.17, 15) is 13.2 Å². The summed E-state index contributed by atoms with van der Waals surface area (Å²) < 4.78 is 35.7. The summed E-state index contributed by atoms with van der Waals surface area (Å²) in [7, 11) is -3.41. The number of ether oxygens (including phenoxy) is 2. The Kier molecular flexibility index (Phi) is 4.70. The molecule has 2 aliphatic rings. The van der Waals surface area contributed by atoms with Gasteiger partial charge in [-0.2, -0.15) is 0 Å². The minimum atomic E-state index is -3.41. The molecule has 0 radical (unpaired) electrons. The molecule has 0 N–H and O–H groups in total. The van der Waals surface area contributed by atoms with Crippen LogP contribution in [0.1, 0.15) is 19.3 Å². The SMILES string of the molecule is O=C(CCS(=O)(=O)c1ccccc1)N1CCC2(CC1)OCCO2. The van der Waals surface area contributed by atoms with E-state index in [2.05, 4.69) is 0 Å². The van der Waals surface area contributed by atoms with Gasteiger partial charge in [-0.05, 0) is 12.1 Å². The van der Waals surface area contributed by atoms with E-state index in [4.69, 9.17) is 9.47 Å². The molecule has 0 aliphatic carbocycles. The molecule has 6 nitrogen and oxygen atoms in total. The second kappa shape index (κ2) is 6.59. The second-order valence-electron chi connectivity index (χ2n) is 5.87. The summed E-state index contributed by atoms with van der Waals surface area (Å²) in [6.45, 7) is 2.29. The Balaban J connectivity index is 1.52. The van der Waals surface area contributed by atoms with Gasteiger partial charge in [0.05, 0.1) is 23.9 Å². The van der Waals surface area contributed by atoms with E-state index in [0.29, 0.717) is 39.1 Å². The highest BCUT2D eigenvalue weighted by atomic mass is 32.2. The van der Waals surface area contributed by atoms with Crippen LogP contribution in [0.3, 0.4) is 0 Å². The van der Waals surface area contributed by atoms with Gasteiger partial charge in [-0.1, -0.05) is 18.2 Å². The van der Waals surface area contributed by atoms with Crippen LogP contribution in [0.25, 0.3) is 0 Å². The predicted molar refractivity (Wildman–Crippen MR) is 83.6 cm³/mol. The Bertz CT molecular complexity index is 642. The largest absolute Gasteiger partial charge is 0.347 e. The van der Waals surface area contributed by atoms with Crippen molar-refractivity contribution in [2.24, 2.45) is 0 Å². The maximum absolute atomic E-state index is 12.3. The highest BCUT2D eigenvalue weighted by molar-refractivity contribution is 7.91. The van der Waals surface area contributed by atoms with Gasteiger partial charge in [-0.25, -0.2) is 8.42 Å². The molecule has 0 aromatic heterocycles. The van der Waals surface area contributed by atoms with E-state index in [1.165, 1.54) is 0 Å². The molecular formula is C16H21NO5S. The summed E-state index contributed by atoms with van der Waals surface area (Å²) in [5.74, 6) is -0.811. The average molecular weight is 339 g/mol. The minimum absolute atomic E-state index is 0.00589. The van der Waals surface area contributed by atoms with Crippen molar-refractivity contribution in [2.75, 3.05) is 32.1 Å². The van der Waals surface area contributed by atoms with Crippen LogP contribution in [0.2, 0.25) is 0 Å². The van der Waals surface area contributed by atoms with Crippen molar-refractivity contribution in [3.8, 4) is 0 Å². The van der Waals surface area contributed by atoms with Crippen LogP contribution >= 0.6 is 0 Å². The van der Waals surface area contributed by atoms with Crippen molar-refractivity contribution in [3.63, 3.8) is 0 Å². The molecule has 2 fully saturated rings. The van der Waals surface area contributed by atoms with Gasteiger partial charge in [0.2, 0.25) is 5.91 Å². The van der Waals surface area contributed by atoms with Crippen LogP contribution in [0, 0.1) is 0 Å². The average Bonchev–Trinajstić information content (AvgIpc) is 3.02. The van der Waals surface area contributed by atoms with Gasteiger partial charge in [0.25, 0.3) is 0 Å². The van der Waals surface area contributed by atoms with E-state index in [1.807, 2.05) is 0 Å². The van der Waals surface area contributed by atoms with Gasteiger partial charge in [0, 0.05) is 32.4 Å². The summed E-state index contributed by atoms with van der Waals surface area (Å²) in [6.07, 6.45) is 1.29. The third kappa shape index (κ3) is 3.73. The number of nitrogens with zero attached hydrogens (tertiary/aromatic N) is 1. The van der Waals surface area contributed by atoms with Crippen LogP contribution in [-0.2, 0) is 24.1 Å². The Morgan fingerprint density at radius 3 is 2.30 bits per heavy atom. The fourth-order valence-corrected chi connectivity index (χ4v) is 4.26. The van der Waals surface area contributed by atoms with E-state index >= 15 is 0 Å². The van der Waals surface area contributed by atoms with Crippen molar-refractivity contribution in [1.29, 1.82) is 0 Å². The minimum Gasteiger partial charge on any atom is -0.347 e. The fourth-order valence-electron chi connectivity index (χ4n) is 3.01. The van der Waals surface area contributed by atoms with E-state index < -0.39 is 15.6 Å². The topological polar surface area (TPSA) is 72.9 Å². The fraction of sp³-hybridized carbons (Fsp3) is 0.562. The quantitative estimate of drug-likeness (QED) is 0.825. The van der Waals surface area contributed by atoms with E-state index in [0.717, 1.165) is 0 Å². The standard InChI is InChI=1S/C16H21NO5S/c18-15(6-13-23(19,20)14-4-2-1-3-5-14)17-9-7-16(8-10-17)21-11-12-22-16/h1-5H,6-13H2. The van der Waals surface area contributed by atoms with Crippen LogP contribution in [0.4, 0.5) is 0 Å². The molecule has 0 bridgehead atoms. The van der Waals surface area contributed by atoms with Gasteiger partial charge < -0.3 is 14.4 Å². The molecule has 3 rings (SSSR count). The van der Waals surface area contributed by atoms with Crippen molar-refractivity contribution >= 4 is 15.7 Å². The Hall–Kier alpha value is -1.44.